The second kappa shape index (κ2) is 6.33. The van der Waals surface area contributed by atoms with Crippen molar-refractivity contribution < 1.29 is 36.6 Å². The zero-order valence-corrected chi connectivity index (χ0v) is 10.2. The molecule has 9 heteroatoms. The Labute approximate surface area is 114 Å². The maximum Gasteiger partial charge on any atom is 0.326 e. The van der Waals surface area contributed by atoms with E-state index in [1.807, 2.05) is 0 Å². The Bertz CT molecular complexity index is 588. The minimum absolute atomic E-state index is 0.309. The molecule has 0 heterocycles. The summed E-state index contributed by atoms with van der Waals surface area (Å²) < 4.78 is 65.4. The fourth-order valence-electron chi connectivity index (χ4n) is 1.42. The minimum Gasteiger partial charge on any atom is -0.480 e. The molecule has 0 fully saturated rings. The van der Waals surface area contributed by atoms with Gasteiger partial charge in [-0.25, -0.2) is 26.7 Å². The monoisotopic (exact) mass is 309 g/mol. The number of amides is 1. The fraction of sp³-hybridized carbons (Fsp3) is 0.167. The molecule has 0 saturated carbocycles. The van der Waals surface area contributed by atoms with Gasteiger partial charge in [0, 0.05) is 0 Å². The first-order chi connectivity index (χ1) is 9.72. The molecule has 0 radical (unpaired) electrons. The van der Waals surface area contributed by atoms with E-state index in [2.05, 4.69) is 6.58 Å². The molecule has 1 aromatic rings. The number of carboxylic acids is 1. The van der Waals surface area contributed by atoms with Crippen molar-refractivity contribution >= 4 is 11.9 Å². The number of carbonyl (C=O) groups excluding carboxylic acids is 1. The van der Waals surface area contributed by atoms with Crippen molar-refractivity contribution in [1.82, 2.24) is 5.32 Å². The van der Waals surface area contributed by atoms with E-state index in [0.29, 0.717) is 0 Å². The molecule has 0 saturated heterocycles. The summed E-state index contributed by atoms with van der Waals surface area (Å²) in [6, 6.07) is -1.62. The highest BCUT2D eigenvalue weighted by molar-refractivity contribution is 5.97. The van der Waals surface area contributed by atoms with Crippen molar-refractivity contribution in [2.45, 2.75) is 12.5 Å². The van der Waals surface area contributed by atoms with Gasteiger partial charge >= 0.3 is 5.97 Å². The lowest BCUT2D eigenvalue weighted by molar-refractivity contribution is -0.139. The molecule has 1 amide bonds. The molecule has 4 nitrogen and oxygen atoms in total. The fourth-order valence-corrected chi connectivity index (χ4v) is 1.42. The number of nitrogens with one attached hydrogen (secondary N) is 1. The highest BCUT2D eigenvalue weighted by Gasteiger charge is 2.31. The predicted octanol–water partition coefficient (Wildman–Crippen LogP) is 2.14. The number of hydrogen-bond acceptors (Lipinski definition) is 2. The van der Waals surface area contributed by atoms with Crippen LogP contribution in [0.15, 0.2) is 12.7 Å². The summed E-state index contributed by atoms with van der Waals surface area (Å²) in [5, 5.41) is 10.4. The molecule has 0 spiro atoms. The third kappa shape index (κ3) is 3.18. The van der Waals surface area contributed by atoms with E-state index in [9.17, 15) is 31.5 Å². The van der Waals surface area contributed by atoms with Gasteiger partial charge in [0.05, 0.1) is 0 Å². The Morgan fingerprint density at radius 1 is 1.05 bits per heavy atom. The van der Waals surface area contributed by atoms with Crippen LogP contribution in [-0.4, -0.2) is 23.0 Å². The van der Waals surface area contributed by atoms with Gasteiger partial charge < -0.3 is 10.4 Å². The predicted molar refractivity (Wildman–Crippen MR) is 59.9 cm³/mol. The molecular formula is C12H8F5NO3. The van der Waals surface area contributed by atoms with Gasteiger partial charge in [-0.15, -0.1) is 6.58 Å². The Kier molecular flexibility index (Phi) is 5.01. The largest absolute Gasteiger partial charge is 0.480 e. The molecule has 0 aliphatic rings. The molecule has 1 rings (SSSR count). The standard InChI is InChI=1S/C12H8F5NO3/c1-2-3-4(12(20)21)18-11(19)5-6(13)8(15)10(17)9(16)7(5)14/h2,4H,1,3H2,(H,18,19)(H,20,21). The number of carboxylic acid groups (broad SMARTS) is 1. The van der Waals surface area contributed by atoms with Gasteiger partial charge in [0.25, 0.3) is 5.91 Å². The zero-order chi connectivity index (χ0) is 16.3. The first kappa shape index (κ1) is 16.6. The maximum absolute atomic E-state index is 13.3. The first-order valence-electron chi connectivity index (χ1n) is 5.38. The Morgan fingerprint density at radius 2 is 1.48 bits per heavy atom. The van der Waals surface area contributed by atoms with Crippen LogP contribution in [0.4, 0.5) is 22.0 Å². The minimum atomic E-state index is -2.41. The molecule has 0 aliphatic carbocycles. The number of hydrogen-bond donors (Lipinski definition) is 2. The number of carbonyl (C=O) groups is 2. The highest BCUT2D eigenvalue weighted by atomic mass is 19.2. The number of benzene rings is 1. The lowest BCUT2D eigenvalue weighted by atomic mass is 10.1. The summed E-state index contributed by atoms with van der Waals surface area (Å²) >= 11 is 0. The van der Waals surface area contributed by atoms with E-state index >= 15 is 0 Å². The van der Waals surface area contributed by atoms with Crippen molar-refractivity contribution in [2.75, 3.05) is 0 Å². The number of rotatable bonds is 5. The van der Waals surface area contributed by atoms with Gasteiger partial charge in [-0.3, -0.25) is 4.79 Å². The van der Waals surface area contributed by atoms with E-state index in [4.69, 9.17) is 5.11 Å². The summed E-state index contributed by atoms with van der Waals surface area (Å²) in [6.07, 6.45) is 0.786. The lowest BCUT2D eigenvalue weighted by Gasteiger charge is -2.14. The topological polar surface area (TPSA) is 66.4 Å². The summed E-state index contributed by atoms with van der Waals surface area (Å²) in [4.78, 5) is 22.3. The van der Waals surface area contributed by atoms with Gasteiger partial charge in [-0.05, 0) is 6.42 Å². The average molecular weight is 309 g/mol. The van der Waals surface area contributed by atoms with Crippen LogP contribution in [0.1, 0.15) is 16.8 Å². The normalized spacial score (nSPS) is 11.9. The molecule has 114 valence electrons. The Balaban J connectivity index is 3.25. The quantitative estimate of drug-likeness (QED) is 0.379. The molecule has 0 bridgehead atoms. The average Bonchev–Trinajstić information content (AvgIpc) is 2.42. The van der Waals surface area contributed by atoms with Crippen molar-refractivity contribution in [2.24, 2.45) is 0 Å². The Hall–Kier alpha value is -2.45. The molecule has 2 N–H and O–H groups in total. The summed E-state index contributed by atoms with van der Waals surface area (Å²) in [6.45, 7) is 3.21. The van der Waals surface area contributed by atoms with E-state index < -0.39 is 52.6 Å². The third-order valence-electron chi connectivity index (χ3n) is 2.44. The van der Waals surface area contributed by atoms with E-state index in [1.54, 1.807) is 5.32 Å². The first-order valence-corrected chi connectivity index (χ1v) is 5.38. The van der Waals surface area contributed by atoms with Crippen LogP contribution in [0.5, 0.6) is 0 Å². The summed E-state index contributed by atoms with van der Waals surface area (Å²) in [5.74, 6) is -15.0. The SMILES string of the molecule is C=CCC(NC(=O)c1c(F)c(F)c(F)c(F)c1F)C(=O)O. The van der Waals surface area contributed by atoms with Gasteiger partial charge in [-0.2, -0.15) is 0 Å². The van der Waals surface area contributed by atoms with Crippen LogP contribution in [0, 0.1) is 29.1 Å². The van der Waals surface area contributed by atoms with Gasteiger partial charge in [0.1, 0.15) is 11.6 Å². The lowest BCUT2D eigenvalue weighted by Crippen LogP contribution is -2.41. The molecule has 0 aromatic heterocycles. The van der Waals surface area contributed by atoms with Gasteiger partial charge in [0.2, 0.25) is 5.82 Å². The summed E-state index contributed by atoms with van der Waals surface area (Å²) in [5.41, 5.74) is -1.75. The van der Waals surface area contributed by atoms with Crippen molar-refractivity contribution in [3.05, 3.63) is 47.3 Å². The smallest absolute Gasteiger partial charge is 0.326 e. The van der Waals surface area contributed by atoms with Crippen molar-refractivity contribution in [3.63, 3.8) is 0 Å². The van der Waals surface area contributed by atoms with Gasteiger partial charge in [0.15, 0.2) is 23.3 Å². The van der Waals surface area contributed by atoms with Crippen molar-refractivity contribution in [3.8, 4) is 0 Å². The Morgan fingerprint density at radius 3 is 1.86 bits per heavy atom. The van der Waals surface area contributed by atoms with Crippen LogP contribution < -0.4 is 5.32 Å². The second-order valence-corrected chi connectivity index (χ2v) is 3.83. The highest BCUT2D eigenvalue weighted by Crippen LogP contribution is 2.23. The van der Waals surface area contributed by atoms with Crippen molar-refractivity contribution in [1.29, 1.82) is 0 Å². The van der Waals surface area contributed by atoms with Crippen LogP contribution in [0.2, 0.25) is 0 Å². The van der Waals surface area contributed by atoms with Gasteiger partial charge in [-0.1, -0.05) is 6.08 Å². The third-order valence-corrected chi connectivity index (χ3v) is 2.44. The summed E-state index contributed by atoms with van der Waals surface area (Å²) in [7, 11) is 0. The van der Waals surface area contributed by atoms with Crippen LogP contribution >= 0.6 is 0 Å². The second-order valence-electron chi connectivity index (χ2n) is 3.83. The number of halogens is 5. The molecule has 21 heavy (non-hydrogen) atoms. The van der Waals surface area contributed by atoms with Crippen LogP contribution in [0.25, 0.3) is 0 Å². The molecule has 0 aliphatic heterocycles. The molecular weight excluding hydrogens is 301 g/mol. The van der Waals surface area contributed by atoms with E-state index in [-0.39, 0.29) is 6.42 Å². The maximum atomic E-state index is 13.3. The molecule has 1 aromatic carbocycles. The molecule has 1 unspecified atom stereocenters. The zero-order valence-electron chi connectivity index (χ0n) is 10.2. The van der Waals surface area contributed by atoms with Crippen LogP contribution in [0.3, 0.4) is 0 Å². The van der Waals surface area contributed by atoms with E-state index in [0.717, 1.165) is 6.08 Å². The van der Waals surface area contributed by atoms with Crippen LogP contribution in [-0.2, 0) is 4.79 Å². The number of aliphatic carboxylic acids is 1. The van der Waals surface area contributed by atoms with E-state index in [1.165, 1.54) is 0 Å². The molecule has 1 atom stereocenters.